The maximum absolute atomic E-state index is 13.2. The third-order valence-corrected chi connectivity index (χ3v) is 6.91. The van der Waals surface area contributed by atoms with Crippen LogP contribution in [0.5, 0.6) is 0 Å². The van der Waals surface area contributed by atoms with Gasteiger partial charge in [0.25, 0.3) is 0 Å². The van der Waals surface area contributed by atoms with Crippen LogP contribution in [0, 0.1) is 0 Å². The Morgan fingerprint density at radius 3 is 2.27 bits per heavy atom. The number of allylic oxidation sites excluding steroid dienone is 2. The lowest BCUT2D eigenvalue weighted by molar-refractivity contribution is -0.138. The maximum atomic E-state index is 13.2. The Morgan fingerprint density at radius 1 is 0.970 bits per heavy atom. The predicted octanol–water partition coefficient (Wildman–Crippen LogP) is 7.94. The molecule has 0 unspecified atom stereocenters. The fourth-order valence-electron chi connectivity index (χ4n) is 4.71. The number of carboxylic acid groups (broad SMARTS) is 1. The van der Waals surface area contributed by atoms with Crippen LogP contribution in [0.15, 0.2) is 48.5 Å². The molecule has 2 nitrogen and oxygen atoms in total. The van der Waals surface area contributed by atoms with Crippen molar-refractivity contribution in [3.8, 4) is 0 Å². The van der Waals surface area contributed by atoms with E-state index < -0.39 is 17.7 Å². The van der Waals surface area contributed by atoms with E-state index in [-0.39, 0.29) is 23.7 Å². The molecule has 0 aromatic heterocycles. The summed E-state index contributed by atoms with van der Waals surface area (Å²) in [6, 6.07) is 11.8. The molecule has 0 saturated heterocycles. The Morgan fingerprint density at radius 2 is 1.64 bits per heavy atom. The summed E-state index contributed by atoms with van der Waals surface area (Å²) in [5, 5.41) is 9.09. The van der Waals surface area contributed by atoms with Gasteiger partial charge in [0.2, 0.25) is 0 Å². The molecule has 2 aromatic carbocycles. The molecule has 0 atom stereocenters. The molecule has 0 saturated carbocycles. The molecule has 33 heavy (non-hydrogen) atoms. The molecule has 178 valence electrons. The Kier molecular flexibility index (Phi) is 7.11. The Labute approximate surface area is 194 Å². The molecular formula is C28H33F3O2. The summed E-state index contributed by atoms with van der Waals surface area (Å²) in [5.74, 6) is -0.965. The lowest BCUT2D eigenvalue weighted by Gasteiger charge is -2.42. The standard InChI is InChI=1S/C28H33F3O2/c1-26(2)15-16-27(3,4)24-17-19(11-13-23(24)26)7-5-8-20(12-14-25(32)33)21-9-6-10-22(18-21)28(29,30)31/h6,8-11,13,17-18H,5,7,12,14-16H2,1-4H3,(H,32,33)/b20-8-. The van der Waals surface area contributed by atoms with Crippen molar-refractivity contribution in [2.45, 2.75) is 83.2 Å². The number of hydrogen-bond donors (Lipinski definition) is 1. The van der Waals surface area contributed by atoms with Gasteiger partial charge in [-0.25, -0.2) is 0 Å². The molecule has 0 spiro atoms. The van der Waals surface area contributed by atoms with Gasteiger partial charge < -0.3 is 5.11 Å². The van der Waals surface area contributed by atoms with Crippen LogP contribution in [-0.4, -0.2) is 11.1 Å². The average molecular weight is 459 g/mol. The highest BCUT2D eigenvalue weighted by Crippen LogP contribution is 2.46. The van der Waals surface area contributed by atoms with Gasteiger partial charge in [0, 0.05) is 6.42 Å². The first-order valence-electron chi connectivity index (χ1n) is 11.5. The second kappa shape index (κ2) is 9.36. The summed E-state index contributed by atoms with van der Waals surface area (Å²) in [6.07, 6.45) is 1.20. The Hall–Kier alpha value is -2.56. The third-order valence-electron chi connectivity index (χ3n) is 6.91. The SMILES string of the molecule is CC1(C)CCC(C)(C)c2cc(CC/C=C(/CCC(=O)O)c3cccc(C(F)(F)F)c3)ccc21. The van der Waals surface area contributed by atoms with Gasteiger partial charge in [-0.3, -0.25) is 4.79 Å². The molecule has 0 bridgehead atoms. The first-order valence-corrected chi connectivity index (χ1v) is 11.5. The zero-order valence-electron chi connectivity index (χ0n) is 19.9. The zero-order valence-corrected chi connectivity index (χ0v) is 19.9. The van der Waals surface area contributed by atoms with Crippen LogP contribution in [0.3, 0.4) is 0 Å². The largest absolute Gasteiger partial charge is 0.481 e. The van der Waals surface area contributed by atoms with Crippen LogP contribution in [0.1, 0.15) is 87.6 Å². The van der Waals surface area contributed by atoms with E-state index in [0.29, 0.717) is 17.6 Å². The van der Waals surface area contributed by atoms with Crippen LogP contribution in [-0.2, 0) is 28.2 Å². The number of aryl methyl sites for hydroxylation is 1. The van der Waals surface area contributed by atoms with E-state index in [2.05, 4.69) is 45.9 Å². The van der Waals surface area contributed by atoms with Gasteiger partial charge in [-0.2, -0.15) is 13.2 Å². The van der Waals surface area contributed by atoms with E-state index in [1.807, 2.05) is 6.08 Å². The van der Waals surface area contributed by atoms with Crippen molar-refractivity contribution in [3.05, 3.63) is 76.4 Å². The number of fused-ring (bicyclic) bond motifs is 1. The van der Waals surface area contributed by atoms with Crippen LogP contribution in [0.2, 0.25) is 0 Å². The van der Waals surface area contributed by atoms with E-state index in [1.165, 1.54) is 22.8 Å². The number of benzene rings is 2. The molecule has 3 rings (SSSR count). The lowest BCUT2D eigenvalue weighted by Crippen LogP contribution is -2.33. The van der Waals surface area contributed by atoms with Crippen molar-refractivity contribution in [3.63, 3.8) is 0 Å². The topological polar surface area (TPSA) is 37.3 Å². The van der Waals surface area contributed by atoms with Crippen molar-refractivity contribution < 1.29 is 23.1 Å². The minimum absolute atomic E-state index is 0.112. The van der Waals surface area contributed by atoms with E-state index in [1.54, 1.807) is 6.07 Å². The zero-order chi connectivity index (χ0) is 24.4. The van der Waals surface area contributed by atoms with Crippen LogP contribution >= 0.6 is 0 Å². The second-order valence-corrected chi connectivity index (χ2v) is 10.4. The molecule has 1 N–H and O–H groups in total. The number of rotatable bonds is 7. The van der Waals surface area contributed by atoms with Crippen LogP contribution in [0.4, 0.5) is 13.2 Å². The van der Waals surface area contributed by atoms with Crippen molar-refractivity contribution in [2.24, 2.45) is 0 Å². The van der Waals surface area contributed by atoms with Crippen molar-refractivity contribution in [1.82, 2.24) is 0 Å². The normalized spacial score (nSPS) is 17.5. The van der Waals surface area contributed by atoms with Gasteiger partial charge in [-0.05, 0) is 82.9 Å². The van der Waals surface area contributed by atoms with Crippen molar-refractivity contribution in [1.29, 1.82) is 0 Å². The Bertz CT molecular complexity index is 1050. The number of carbonyl (C=O) groups is 1. The summed E-state index contributed by atoms with van der Waals surface area (Å²) in [4.78, 5) is 11.1. The van der Waals surface area contributed by atoms with Gasteiger partial charge >= 0.3 is 12.1 Å². The molecule has 1 aliphatic rings. The van der Waals surface area contributed by atoms with Crippen LogP contribution < -0.4 is 0 Å². The fourth-order valence-corrected chi connectivity index (χ4v) is 4.71. The fraction of sp³-hybridized carbons (Fsp3) is 0.464. The molecule has 1 aliphatic carbocycles. The molecule has 0 aliphatic heterocycles. The minimum Gasteiger partial charge on any atom is -0.481 e. The summed E-state index contributed by atoms with van der Waals surface area (Å²) >= 11 is 0. The van der Waals surface area contributed by atoms with E-state index in [9.17, 15) is 18.0 Å². The average Bonchev–Trinajstić information content (AvgIpc) is 2.73. The lowest BCUT2D eigenvalue weighted by atomic mass is 9.63. The van der Waals surface area contributed by atoms with Crippen molar-refractivity contribution >= 4 is 11.5 Å². The minimum atomic E-state index is -4.43. The quantitative estimate of drug-likeness (QED) is 0.457. The molecule has 0 radical (unpaired) electrons. The first-order chi connectivity index (χ1) is 15.3. The Balaban J connectivity index is 1.84. The van der Waals surface area contributed by atoms with E-state index >= 15 is 0 Å². The number of hydrogen-bond acceptors (Lipinski definition) is 1. The molecule has 2 aromatic rings. The maximum Gasteiger partial charge on any atom is 0.416 e. The first kappa shape index (κ1) is 25.1. The van der Waals surface area contributed by atoms with Gasteiger partial charge in [-0.15, -0.1) is 0 Å². The van der Waals surface area contributed by atoms with E-state index in [4.69, 9.17) is 5.11 Å². The highest BCUT2D eigenvalue weighted by molar-refractivity contribution is 5.73. The number of halogens is 3. The molecular weight excluding hydrogens is 425 g/mol. The summed E-state index contributed by atoms with van der Waals surface area (Å²) in [6.45, 7) is 9.13. The van der Waals surface area contributed by atoms with Gasteiger partial charge in [0.05, 0.1) is 5.56 Å². The third kappa shape index (κ3) is 6.07. The summed E-state index contributed by atoms with van der Waals surface area (Å²) in [5.41, 5.74) is 4.58. The molecule has 0 fully saturated rings. The molecule has 5 heteroatoms. The van der Waals surface area contributed by atoms with Gasteiger partial charge in [-0.1, -0.05) is 64.1 Å². The number of carboxylic acids is 1. The predicted molar refractivity (Wildman–Crippen MR) is 126 cm³/mol. The highest BCUT2D eigenvalue weighted by atomic mass is 19.4. The van der Waals surface area contributed by atoms with Crippen LogP contribution in [0.25, 0.3) is 5.57 Å². The monoisotopic (exact) mass is 458 g/mol. The molecule has 0 amide bonds. The second-order valence-electron chi connectivity index (χ2n) is 10.4. The van der Waals surface area contributed by atoms with E-state index in [0.717, 1.165) is 31.4 Å². The smallest absolute Gasteiger partial charge is 0.416 e. The summed E-state index contributed by atoms with van der Waals surface area (Å²) in [7, 11) is 0. The number of aliphatic carboxylic acids is 1. The molecule has 0 heterocycles. The van der Waals surface area contributed by atoms with Crippen molar-refractivity contribution in [2.75, 3.05) is 0 Å². The number of alkyl halides is 3. The van der Waals surface area contributed by atoms with Gasteiger partial charge in [0.15, 0.2) is 0 Å². The highest BCUT2D eigenvalue weighted by Gasteiger charge is 2.36. The summed E-state index contributed by atoms with van der Waals surface area (Å²) < 4.78 is 39.5. The van der Waals surface area contributed by atoms with Gasteiger partial charge in [0.1, 0.15) is 0 Å².